The van der Waals surface area contributed by atoms with Crippen LogP contribution in [0.15, 0.2) is 0 Å². The van der Waals surface area contributed by atoms with Crippen molar-refractivity contribution in [2.75, 3.05) is 20.1 Å². The fourth-order valence-electron chi connectivity index (χ4n) is 3.19. The summed E-state index contributed by atoms with van der Waals surface area (Å²) in [5.41, 5.74) is 3.25. The van der Waals surface area contributed by atoms with Crippen LogP contribution in [-0.4, -0.2) is 46.8 Å². The molecule has 0 radical (unpaired) electrons. The fraction of sp³-hybridized carbons (Fsp3) is 0.765. The summed E-state index contributed by atoms with van der Waals surface area (Å²) in [7, 11) is 2.00. The third-order valence-electron chi connectivity index (χ3n) is 4.65. The lowest BCUT2D eigenvalue weighted by molar-refractivity contribution is -0.131. The minimum Gasteiger partial charge on any atom is -0.342 e. The number of amides is 1. The number of aryl methyl sites for hydroxylation is 1. The van der Waals surface area contributed by atoms with E-state index in [4.69, 9.17) is 0 Å². The van der Waals surface area contributed by atoms with Crippen LogP contribution in [0.1, 0.15) is 43.6 Å². The summed E-state index contributed by atoms with van der Waals surface area (Å²) in [6.07, 6.45) is 2.58. The van der Waals surface area contributed by atoms with Crippen LogP contribution in [0.5, 0.6) is 0 Å². The van der Waals surface area contributed by atoms with Gasteiger partial charge in [0.1, 0.15) is 0 Å². The van der Waals surface area contributed by atoms with Gasteiger partial charge in [0.25, 0.3) is 0 Å². The predicted molar refractivity (Wildman–Crippen MR) is 96.2 cm³/mol. The average Bonchev–Trinajstić information content (AvgIpc) is 2.74. The molecule has 5 nitrogen and oxygen atoms in total. The average molecular weight is 343 g/mol. The van der Waals surface area contributed by atoms with Gasteiger partial charge in [-0.3, -0.25) is 9.48 Å². The van der Waals surface area contributed by atoms with Gasteiger partial charge in [0.15, 0.2) is 0 Å². The third kappa shape index (κ3) is 4.95. The second-order valence-corrected chi connectivity index (χ2v) is 6.85. The van der Waals surface area contributed by atoms with Crippen molar-refractivity contribution in [1.82, 2.24) is 20.0 Å². The van der Waals surface area contributed by atoms with Crippen molar-refractivity contribution in [3.8, 4) is 0 Å². The summed E-state index contributed by atoms with van der Waals surface area (Å²) in [6, 6.07) is 0.557. The number of rotatable bonds is 5. The zero-order valence-electron chi connectivity index (χ0n) is 15.1. The monoisotopic (exact) mass is 342 g/mol. The van der Waals surface area contributed by atoms with E-state index < -0.39 is 0 Å². The largest absolute Gasteiger partial charge is 0.342 e. The van der Waals surface area contributed by atoms with Gasteiger partial charge in [0.05, 0.1) is 12.1 Å². The Hall–Kier alpha value is -1.07. The minimum absolute atomic E-state index is 0. The summed E-state index contributed by atoms with van der Waals surface area (Å²) in [4.78, 5) is 14.6. The summed E-state index contributed by atoms with van der Waals surface area (Å²) in [5.74, 6) is 0.798. The first-order valence-corrected chi connectivity index (χ1v) is 8.40. The molecule has 2 rings (SSSR count). The normalized spacial score (nSPS) is 15.8. The first-order chi connectivity index (χ1) is 10.4. The van der Waals surface area contributed by atoms with Gasteiger partial charge in [-0.2, -0.15) is 5.10 Å². The molecule has 0 unspecified atom stereocenters. The van der Waals surface area contributed by atoms with Crippen molar-refractivity contribution < 1.29 is 4.79 Å². The van der Waals surface area contributed by atoms with Gasteiger partial charge in [-0.15, -0.1) is 12.4 Å². The topological polar surface area (TPSA) is 50.2 Å². The molecule has 1 aliphatic rings. The molecule has 132 valence electrons. The maximum atomic E-state index is 12.6. The number of nitrogens with zero attached hydrogens (tertiary/aromatic N) is 3. The van der Waals surface area contributed by atoms with Crippen LogP contribution in [0.3, 0.4) is 0 Å². The van der Waals surface area contributed by atoms with E-state index in [0.717, 1.165) is 49.4 Å². The van der Waals surface area contributed by atoms with Gasteiger partial charge >= 0.3 is 0 Å². The predicted octanol–water partition coefficient (Wildman–Crippen LogP) is 2.33. The molecular weight excluding hydrogens is 312 g/mol. The van der Waals surface area contributed by atoms with Crippen LogP contribution in [-0.2, 0) is 17.8 Å². The Morgan fingerprint density at radius 2 is 1.91 bits per heavy atom. The summed E-state index contributed by atoms with van der Waals surface area (Å²) < 4.78 is 2.05. The Morgan fingerprint density at radius 3 is 2.43 bits per heavy atom. The highest BCUT2D eigenvalue weighted by Gasteiger charge is 2.23. The molecule has 0 spiro atoms. The Morgan fingerprint density at radius 1 is 1.30 bits per heavy atom. The Bertz CT molecular complexity index is 519. The van der Waals surface area contributed by atoms with E-state index in [2.05, 4.69) is 35.9 Å². The minimum atomic E-state index is 0. The number of carbonyl (C=O) groups is 1. The highest BCUT2D eigenvalue weighted by atomic mass is 35.5. The number of nitrogens with one attached hydrogen (secondary N) is 1. The first-order valence-electron chi connectivity index (χ1n) is 8.40. The maximum Gasteiger partial charge on any atom is 0.227 e. The lowest BCUT2D eigenvalue weighted by Crippen LogP contribution is -2.44. The number of piperidine rings is 1. The van der Waals surface area contributed by atoms with E-state index in [0.29, 0.717) is 18.4 Å². The molecule has 1 N–H and O–H groups in total. The molecule has 23 heavy (non-hydrogen) atoms. The smallest absolute Gasteiger partial charge is 0.227 e. The van der Waals surface area contributed by atoms with E-state index in [1.54, 1.807) is 0 Å². The Kier molecular flexibility index (Phi) is 7.55. The number of aromatic nitrogens is 2. The Labute approximate surface area is 146 Å². The third-order valence-corrected chi connectivity index (χ3v) is 4.65. The number of carbonyl (C=O) groups excluding carboxylic acids is 1. The van der Waals surface area contributed by atoms with Gasteiger partial charge in [-0.25, -0.2) is 0 Å². The lowest BCUT2D eigenvalue weighted by atomic mass is 10.0. The van der Waals surface area contributed by atoms with Crippen molar-refractivity contribution in [3.63, 3.8) is 0 Å². The van der Waals surface area contributed by atoms with Crippen molar-refractivity contribution in [1.29, 1.82) is 0 Å². The molecule has 1 fully saturated rings. The molecule has 2 heterocycles. The van der Waals surface area contributed by atoms with Crippen LogP contribution >= 0.6 is 12.4 Å². The molecule has 0 aliphatic carbocycles. The molecular formula is C17H31ClN4O. The van der Waals surface area contributed by atoms with Crippen LogP contribution in [0.2, 0.25) is 0 Å². The molecule has 6 heteroatoms. The van der Waals surface area contributed by atoms with Crippen molar-refractivity contribution in [2.45, 2.75) is 59.5 Å². The number of hydrogen-bond donors (Lipinski definition) is 1. The molecule has 1 aromatic heterocycles. The molecule has 1 saturated heterocycles. The number of likely N-dealkylation sites (tertiary alicyclic amines) is 1. The molecule has 1 aliphatic heterocycles. The standard InChI is InChI=1S/C17H30N4O.ClH/c1-12(2)11-21-14(4)16(13(3)19-21)10-17(22)20-8-6-15(18-5)7-9-20;/h12,15,18H,6-11H2,1-5H3;1H. The van der Waals surface area contributed by atoms with Gasteiger partial charge < -0.3 is 10.2 Å². The zero-order chi connectivity index (χ0) is 16.3. The van der Waals surface area contributed by atoms with E-state index >= 15 is 0 Å². The van der Waals surface area contributed by atoms with Crippen molar-refractivity contribution in [2.24, 2.45) is 5.92 Å². The summed E-state index contributed by atoms with van der Waals surface area (Å²) >= 11 is 0. The second-order valence-electron chi connectivity index (χ2n) is 6.85. The van der Waals surface area contributed by atoms with Crippen molar-refractivity contribution >= 4 is 18.3 Å². The SMILES string of the molecule is CNC1CCN(C(=O)Cc2c(C)nn(CC(C)C)c2C)CC1.Cl. The second kappa shape index (κ2) is 8.69. The maximum absolute atomic E-state index is 12.6. The van der Waals surface area contributed by atoms with Crippen LogP contribution in [0, 0.1) is 19.8 Å². The molecule has 0 aromatic carbocycles. The van der Waals surface area contributed by atoms with Gasteiger partial charge in [0.2, 0.25) is 5.91 Å². The number of hydrogen-bond acceptors (Lipinski definition) is 3. The van der Waals surface area contributed by atoms with Gasteiger partial charge in [-0.1, -0.05) is 13.8 Å². The van der Waals surface area contributed by atoms with Crippen LogP contribution < -0.4 is 5.32 Å². The van der Waals surface area contributed by atoms with E-state index in [1.807, 2.05) is 18.9 Å². The molecule has 0 bridgehead atoms. The highest BCUT2D eigenvalue weighted by molar-refractivity contribution is 5.85. The van der Waals surface area contributed by atoms with Gasteiger partial charge in [-0.05, 0) is 39.7 Å². The Balaban J connectivity index is 0.00000264. The summed E-state index contributed by atoms with van der Waals surface area (Å²) in [5, 5.41) is 7.91. The molecule has 1 aromatic rings. The quantitative estimate of drug-likeness (QED) is 0.893. The van der Waals surface area contributed by atoms with Gasteiger partial charge in [0, 0.05) is 36.9 Å². The first kappa shape index (κ1) is 20.0. The molecule has 1 amide bonds. The van der Waals surface area contributed by atoms with E-state index in [1.165, 1.54) is 0 Å². The zero-order valence-corrected chi connectivity index (χ0v) is 15.9. The molecule has 0 saturated carbocycles. The summed E-state index contributed by atoms with van der Waals surface area (Å²) in [6.45, 7) is 11.1. The van der Waals surface area contributed by atoms with E-state index in [-0.39, 0.29) is 18.3 Å². The van der Waals surface area contributed by atoms with Crippen LogP contribution in [0.4, 0.5) is 0 Å². The highest BCUT2D eigenvalue weighted by Crippen LogP contribution is 2.18. The molecule has 0 atom stereocenters. The lowest BCUT2D eigenvalue weighted by Gasteiger charge is -2.32. The van der Waals surface area contributed by atoms with Crippen LogP contribution in [0.25, 0.3) is 0 Å². The van der Waals surface area contributed by atoms with E-state index in [9.17, 15) is 4.79 Å². The van der Waals surface area contributed by atoms with Crippen molar-refractivity contribution in [3.05, 3.63) is 17.0 Å². The fourth-order valence-corrected chi connectivity index (χ4v) is 3.19. The number of halogens is 1.